The van der Waals surface area contributed by atoms with Crippen LogP contribution in [0.3, 0.4) is 0 Å². The number of nitrogens with zero attached hydrogens (tertiary/aromatic N) is 1. The molecule has 3 N–H and O–H groups in total. The van der Waals surface area contributed by atoms with Gasteiger partial charge in [-0.1, -0.05) is 6.92 Å². The van der Waals surface area contributed by atoms with Crippen molar-refractivity contribution in [3.8, 4) is 0 Å². The molecule has 0 aromatic rings. The van der Waals surface area contributed by atoms with E-state index in [2.05, 4.69) is 17.1 Å². The lowest BCUT2D eigenvalue weighted by atomic mass is 10.0. The van der Waals surface area contributed by atoms with E-state index in [1.807, 2.05) is 0 Å². The zero-order chi connectivity index (χ0) is 13.0. The Morgan fingerprint density at radius 3 is 2.78 bits per heavy atom. The Kier molecular flexibility index (Phi) is 5.01. The second-order valence-corrected chi connectivity index (χ2v) is 6.01. The molecular weight excluding hydrogens is 226 g/mol. The Morgan fingerprint density at radius 2 is 2.11 bits per heavy atom. The Balaban J connectivity index is 1.80. The number of hydrogen-bond donors (Lipinski definition) is 2. The van der Waals surface area contributed by atoms with E-state index in [0.717, 1.165) is 31.8 Å². The fraction of sp³-hybridized carbons (Fsp3) is 0.929. The molecule has 0 radical (unpaired) electrons. The van der Waals surface area contributed by atoms with Crippen LogP contribution >= 0.6 is 0 Å². The van der Waals surface area contributed by atoms with Gasteiger partial charge in [0.15, 0.2) is 0 Å². The normalized spacial score (nSPS) is 27.6. The second kappa shape index (κ2) is 6.53. The number of carbonyl (C=O) groups is 1. The summed E-state index contributed by atoms with van der Waals surface area (Å²) in [4.78, 5) is 14.3. The Bertz CT molecular complexity index is 278. The molecule has 2 aliphatic rings. The van der Waals surface area contributed by atoms with E-state index in [9.17, 15) is 4.79 Å². The van der Waals surface area contributed by atoms with Gasteiger partial charge >= 0.3 is 0 Å². The van der Waals surface area contributed by atoms with Crippen molar-refractivity contribution < 1.29 is 4.79 Å². The minimum absolute atomic E-state index is 0.185. The summed E-state index contributed by atoms with van der Waals surface area (Å²) < 4.78 is 0. The third-order valence-corrected chi connectivity index (χ3v) is 4.20. The first kappa shape index (κ1) is 13.8. The average molecular weight is 253 g/mol. The smallest absolute Gasteiger partial charge is 0.221 e. The summed E-state index contributed by atoms with van der Waals surface area (Å²) in [6.07, 6.45) is 6.66. The molecule has 4 heteroatoms. The molecule has 2 unspecified atom stereocenters. The fourth-order valence-electron chi connectivity index (χ4n) is 2.74. The van der Waals surface area contributed by atoms with E-state index in [1.54, 1.807) is 0 Å². The van der Waals surface area contributed by atoms with Gasteiger partial charge in [-0.05, 0) is 51.1 Å². The van der Waals surface area contributed by atoms with Gasteiger partial charge in [0.2, 0.25) is 5.91 Å². The van der Waals surface area contributed by atoms with Crippen molar-refractivity contribution in [1.29, 1.82) is 0 Å². The van der Waals surface area contributed by atoms with Crippen molar-refractivity contribution in [2.24, 2.45) is 11.7 Å². The molecule has 1 saturated carbocycles. The molecule has 1 amide bonds. The van der Waals surface area contributed by atoms with E-state index in [4.69, 9.17) is 5.73 Å². The van der Waals surface area contributed by atoms with E-state index >= 15 is 0 Å². The van der Waals surface area contributed by atoms with Crippen LogP contribution in [-0.4, -0.2) is 42.5 Å². The average Bonchev–Trinajstić information content (AvgIpc) is 3.15. The highest BCUT2D eigenvalue weighted by Gasteiger charge is 2.27. The minimum Gasteiger partial charge on any atom is -0.353 e. The summed E-state index contributed by atoms with van der Waals surface area (Å²) >= 11 is 0. The monoisotopic (exact) mass is 253 g/mol. The number of carbonyl (C=O) groups excluding carboxylic acids is 1. The SMILES string of the molecule is CC1CCCN(C(CN)CC(=O)NC2CC2)CC1. The number of nitrogens with two attached hydrogens (primary N) is 1. The van der Waals surface area contributed by atoms with Crippen molar-refractivity contribution in [3.05, 3.63) is 0 Å². The van der Waals surface area contributed by atoms with Gasteiger partial charge in [0.1, 0.15) is 0 Å². The zero-order valence-corrected chi connectivity index (χ0v) is 11.5. The number of rotatable bonds is 5. The molecule has 2 rings (SSSR count). The van der Waals surface area contributed by atoms with Gasteiger partial charge in [-0.25, -0.2) is 0 Å². The molecule has 0 aromatic heterocycles. The van der Waals surface area contributed by atoms with Gasteiger partial charge in [0.25, 0.3) is 0 Å². The molecule has 1 aliphatic carbocycles. The first-order chi connectivity index (χ1) is 8.69. The largest absolute Gasteiger partial charge is 0.353 e. The van der Waals surface area contributed by atoms with Crippen molar-refractivity contribution in [2.75, 3.05) is 19.6 Å². The highest BCUT2D eigenvalue weighted by Crippen LogP contribution is 2.21. The summed E-state index contributed by atoms with van der Waals surface area (Å²) in [6.45, 7) is 5.11. The summed E-state index contributed by atoms with van der Waals surface area (Å²) in [7, 11) is 0. The Hall–Kier alpha value is -0.610. The third kappa shape index (κ3) is 4.25. The predicted molar refractivity (Wildman–Crippen MR) is 73.2 cm³/mol. The van der Waals surface area contributed by atoms with E-state index < -0.39 is 0 Å². The lowest BCUT2D eigenvalue weighted by Crippen LogP contribution is -2.44. The molecule has 1 saturated heterocycles. The highest BCUT2D eigenvalue weighted by molar-refractivity contribution is 5.77. The predicted octanol–water partition coefficient (Wildman–Crippen LogP) is 1.10. The van der Waals surface area contributed by atoms with Crippen molar-refractivity contribution >= 4 is 5.91 Å². The number of amides is 1. The van der Waals surface area contributed by atoms with Gasteiger partial charge in [-0.15, -0.1) is 0 Å². The maximum absolute atomic E-state index is 11.9. The molecule has 2 fully saturated rings. The van der Waals surface area contributed by atoms with Crippen LogP contribution in [-0.2, 0) is 4.79 Å². The van der Waals surface area contributed by atoms with E-state index in [0.29, 0.717) is 19.0 Å². The van der Waals surface area contributed by atoms with Gasteiger partial charge in [0, 0.05) is 25.0 Å². The van der Waals surface area contributed by atoms with Crippen LogP contribution in [0.1, 0.15) is 45.4 Å². The molecule has 18 heavy (non-hydrogen) atoms. The fourth-order valence-corrected chi connectivity index (χ4v) is 2.74. The van der Waals surface area contributed by atoms with Gasteiger partial charge in [-0.3, -0.25) is 9.69 Å². The molecule has 4 nitrogen and oxygen atoms in total. The van der Waals surface area contributed by atoms with Crippen LogP contribution in [0.5, 0.6) is 0 Å². The lowest BCUT2D eigenvalue weighted by Gasteiger charge is -2.29. The molecule has 0 spiro atoms. The van der Waals surface area contributed by atoms with Crippen LogP contribution in [0, 0.1) is 5.92 Å². The van der Waals surface area contributed by atoms with Gasteiger partial charge < -0.3 is 11.1 Å². The Labute approximate surface area is 110 Å². The first-order valence-electron chi connectivity index (χ1n) is 7.42. The summed E-state index contributed by atoms with van der Waals surface area (Å²) in [5.74, 6) is 0.999. The molecule has 1 heterocycles. The minimum atomic E-state index is 0.185. The van der Waals surface area contributed by atoms with E-state index in [1.165, 1.54) is 19.3 Å². The lowest BCUT2D eigenvalue weighted by molar-refractivity contribution is -0.122. The van der Waals surface area contributed by atoms with E-state index in [-0.39, 0.29) is 11.9 Å². The molecule has 0 aromatic carbocycles. The molecular formula is C14H27N3O. The standard InChI is InChI=1S/C14H27N3O/c1-11-3-2-7-17(8-6-11)13(10-15)9-14(18)16-12-4-5-12/h11-13H,2-10,15H2,1H3,(H,16,18). The molecule has 2 atom stereocenters. The molecule has 0 bridgehead atoms. The van der Waals surface area contributed by atoms with Crippen LogP contribution in [0.4, 0.5) is 0 Å². The van der Waals surface area contributed by atoms with Crippen molar-refractivity contribution in [2.45, 2.75) is 57.5 Å². The van der Waals surface area contributed by atoms with Crippen molar-refractivity contribution in [3.63, 3.8) is 0 Å². The van der Waals surface area contributed by atoms with Crippen molar-refractivity contribution in [1.82, 2.24) is 10.2 Å². The maximum Gasteiger partial charge on any atom is 0.221 e. The quantitative estimate of drug-likeness (QED) is 0.771. The summed E-state index contributed by atoms with van der Waals surface area (Å²) in [5.41, 5.74) is 5.86. The summed E-state index contributed by atoms with van der Waals surface area (Å²) in [6, 6.07) is 0.689. The highest BCUT2D eigenvalue weighted by atomic mass is 16.1. The second-order valence-electron chi connectivity index (χ2n) is 6.01. The summed E-state index contributed by atoms with van der Waals surface area (Å²) in [5, 5.41) is 3.06. The first-order valence-corrected chi connectivity index (χ1v) is 7.42. The number of hydrogen-bond acceptors (Lipinski definition) is 3. The van der Waals surface area contributed by atoms with Crippen LogP contribution in [0.25, 0.3) is 0 Å². The van der Waals surface area contributed by atoms with Crippen LogP contribution < -0.4 is 11.1 Å². The van der Waals surface area contributed by atoms with Crippen LogP contribution in [0.15, 0.2) is 0 Å². The number of nitrogens with one attached hydrogen (secondary N) is 1. The zero-order valence-electron chi connectivity index (χ0n) is 11.5. The van der Waals surface area contributed by atoms with Crippen LogP contribution in [0.2, 0.25) is 0 Å². The maximum atomic E-state index is 11.9. The number of likely N-dealkylation sites (tertiary alicyclic amines) is 1. The topological polar surface area (TPSA) is 58.4 Å². The van der Waals surface area contributed by atoms with Gasteiger partial charge in [-0.2, -0.15) is 0 Å². The molecule has 1 aliphatic heterocycles. The Morgan fingerprint density at radius 1 is 1.33 bits per heavy atom. The van der Waals surface area contributed by atoms with Gasteiger partial charge in [0.05, 0.1) is 0 Å². The third-order valence-electron chi connectivity index (χ3n) is 4.20. The molecule has 104 valence electrons.